The first-order valence-electron chi connectivity index (χ1n) is 7.37. The smallest absolute Gasteiger partial charge is 0.194 e. The third-order valence-corrected chi connectivity index (χ3v) is 4.37. The molecule has 0 saturated heterocycles. The molecule has 0 radical (unpaired) electrons. The van der Waals surface area contributed by atoms with Crippen LogP contribution >= 0.6 is 0 Å². The SMILES string of the molecule is OC1(O)C=Cc2ccccc2[C@H]1c1cccc2ccccc12. The van der Waals surface area contributed by atoms with Gasteiger partial charge in [0.2, 0.25) is 0 Å². The van der Waals surface area contributed by atoms with Crippen molar-refractivity contribution in [1.82, 2.24) is 0 Å². The van der Waals surface area contributed by atoms with Crippen LogP contribution in [0.3, 0.4) is 0 Å². The average molecular weight is 288 g/mol. The second kappa shape index (κ2) is 4.80. The highest BCUT2D eigenvalue weighted by Gasteiger charge is 2.38. The Morgan fingerprint density at radius 3 is 2.32 bits per heavy atom. The number of hydrogen-bond donors (Lipinski definition) is 2. The zero-order valence-electron chi connectivity index (χ0n) is 12.0. The van der Waals surface area contributed by atoms with E-state index in [1.165, 1.54) is 6.08 Å². The lowest BCUT2D eigenvalue weighted by Gasteiger charge is -2.34. The van der Waals surface area contributed by atoms with Crippen LogP contribution < -0.4 is 0 Å². The van der Waals surface area contributed by atoms with E-state index < -0.39 is 11.7 Å². The summed E-state index contributed by atoms with van der Waals surface area (Å²) in [6, 6.07) is 21.9. The molecule has 0 amide bonds. The number of rotatable bonds is 1. The van der Waals surface area contributed by atoms with Crippen molar-refractivity contribution in [2.75, 3.05) is 0 Å². The lowest BCUT2D eigenvalue weighted by molar-refractivity contribution is -0.129. The van der Waals surface area contributed by atoms with Gasteiger partial charge in [0, 0.05) is 0 Å². The lowest BCUT2D eigenvalue weighted by atomic mass is 9.77. The van der Waals surface area contributed by atoms with Crippen LogP contribution in [0.15, 0.2) is 72.8 Å². The summed E-state index contributed by atoms with van der Waals surface area (Å²) in [6.07, 6.45) is 3.25. The standard InChI is InChI=1S/C20H16O2/c21-20(22)13-12-15-7-2-4-10-17(15)19(20)18-11-5-8-14-6-1-3-9-16(14)18/h1-13,19,21-22H/t19-/m0/s1. The Labute approximate surface area is 129 Å². The van der Waals surface area contributed by atoms with Crippen LogP contribution in [-0.4, -0.2) is 16.0 Å². The molecular formula is C20H16O2. The van der Waals surface area contributed by atoms with E-state index in [1.807, 2.05) is 66.7 Å². The number of fused-ring (bicyclic) bond motifs is 2. The molecule has 2 heteroatoms. The van der Waals surface area contributed by atoms with Crippen molar-refractivity contribution >= 4 is 16.8 Å². The van der Waals surface area contributed by atoms with Gasteiger partial charge in [-0.25, -0.2) is 0 Å². The number of hydrogen-bond acceptors (Lipinski definition) is 2. The summed E-state index contributed by atoms with van der Waals surface area (Å²) >= 11 is 0. The van der Waals surface area contributed by atoms with E-state index >= 15 is 0 Å². The molecule has 0 bridgehead atoms. The predicted octanol–water partition coefficient (Wildman–Crippen LogP) is 3.68. The van der Waals surface area contributed by atoms with Gasteiger partial charge < -0.3 is 10.2 Å². The first-order valence-corrected chi connectivity index (χ1v) is 7.37. The summed E-state index contributed by atoms with van der Waals surface area (Å²) < 4.78 is 0. The quantitative estimate of drug-likeness (QED) is 0.671. The summed E-state index contributed by atoms with van der Waals surface area (Å²) in [5, 5.41) is 23.3. The van der Waals surface area contributed by atoms with Crippen LogP contribution in [0.1, 0.15) is 22.6 Å². The first-order chi connectivity index (χ1) is 10.7. The fourth-order valence-electron chi connectivity index (χ4n) is 3.36. The zero-order valence-corrected chi connectivity index (χ0v) is 12.0. The third-order valence-electron chi connectivity index (χ3n) is 4.37. The third kappa shape index (κ3) is 1.97. The molecule has 0 heterocycles. The van der Waals surface area contributed by atoms with Crippen molar-refractivity contribution in [3.63, 3.8) is 0 Å². The Balaban J connectivity index is 2.02. The van der Waals surface area contributed by atoms with Crippen molar-refractivity contribution in [3.8, 4) is 0 Å². The fourth-order valence-corrected chi connectivity index (χ4v) is 3.36. The Kier molecular flexibility index (Phi) is 2.89. The molecule has 1 aliphatic rings. The molecule has 4 rings (SSSR count). The largest absolute Gasteiger partial charge is 0.362 e. The average Bonchev–Trinajstić information content (AvgIpc) is 2.54. The molecule has 2 nitrogen and oxygen atoms in total. The van der Waals surface area contributed by atoms with E-state index in [1.54, 1.807) is 6.08 Å². The summed E-state index contributed by atoms with van der Waals surface area (Å²) in [5.74, 6) is -2.39. The second-order valence-electron chi connectivity index (χ2n) is 5.75. The molecule has 0 saturated carbocycles. The number of aliphatic hydroxyl groups is 2. The number of benzene rings is 3. The van der Waals surface area contributed by atoms with E-state index in [0.29, 0.717) is 0 Å². The summed E-state index contributed by atoms with van der Waals surface area (Å²) in [5.41, 5.74) is 2.89. The van der Waals surface area contributed by atoms with Crippen molar-refractivity contribution in [1.29, 1.82) is 0 Å². The highest BCUT2D eigenvalue weighted by Crippen LogP contribution is 2.42. The maximum Gasteiger partial charge on any atom is 0.194 e. The lowest BCUT2D eigenvalue weighted by Crippen LogP contribution is -2.36. The highest BCUT2D eigenvalue weighted by molar-refractivity contribution is 5.87. The van der Waals surface area contributed by atoms with Crippen LogP contribution in [0.5, 0.6) is 0 Å². The van der Waals surface area contributed by atoms with Gasteiger partial charge in [0.15, 0.2) is 5.79 Å². The predicted molar refractivity (Wildman–Crippen MR) is 88.4 cm³/mol. The Hall–Kier alpha value is -2.42. The van der Waals surface area contributed by atoms with Gasteiger partial charge in [0.25, 0.3) is 0 Å². The van der Waals surface area contributed by atoms with Crippen LogP contribution in [0.25, 0.3) is 16.8 Å². The molecule has 22 heavy (non-hydrogen) atoms. The van der Waals surface area contributed by atoms with E-state index in [4.69, 9.17) is 0 Å². The zero-order chi connectivity index (χ0) is 15.2. The van der Waals surface area contributed by atoms with E-state index in [9.17, 15) is 10.2 Å². The second-order valence-corrected chi connectivity index (χ2v) is 5.75. The van der Waals surface area contributed by atoms with Crippen LogP contribution in [0, 0.1) is 0 Å². The molecule has 2 N–H and O–H groups in total. The molecule has 108 valence electrons. The van der Waals surface area contributed by atoms with Gasteiger partial charge in [-0.05, 0) is 33.5 Å². The van der Waals surface area contributed by atoms with Gasteiger partial charge in [-0.2, -0.15) is 0 Å². The van der Waals surface area contributed by atoms with Gasteiger partial charge in [-0.1, -0.05) is 72.8 Å². The van der Waals surface area contributed by atoms with Crippen LogP contribution in [0.4, 0.5) is 0 Å². The Morgan fingerprint density at radius 1 is 0.727 bits per heavy atom. The van der Waals surface area contributed by atoms with Gasteiger partial charge in [-0.3, -0.25) is 0 Å². The van der Waals surface area contributed by atoms with E-state index in [-0.39, 0.29) is 0 Å². The molecule has 0 aromatic heterocycles. The van der Waals surface area contributed by atoms with Gasteiger partial charge in [0.1, 0.15) is 0 Å². The maximum absolute atomic E-state index is 10.6. The van der Waals surface area contributed by atoms with Crippen LogP contribution in [-0.2, 0) is 0 Å². The molecule has 1 aliphatic carbocycles. The molecular weight excluding hydrogens is 272 g/mol. The maximum atomic E-state index is 10.6. The van der Waals surface area contributed by atoms with Crippen LogP contribution in [0.2, 0.25) is 0 Å². The summed E-state index contributed by atoms with van der Waals surface area (Å²) in [4.78, 5) is 0. The summed E-state index contributed by atoms with van der Waals surface area (Å²) in [6.45, 7) is 0. The Bertz CT molecular complexity index is 872. The van der Waals surface area contributed by atoms with Gasteiger partial charge in [-0.15, -0.1) is 0 Å². The molecule has 0 aliphatic heterocycles. The van der Waals surface area contributed by atoms with E-state index in [2.05, 4.69) is 0 Å². The minimum atomic E-state index is -1.89. The summed E-state index contributed by atoms with van der Waals surface area (Å²) in [7, 11) is 0. The fraction of sp³-hybridized carbons (Fsp3) is 0.100. The highest BCUT2D eigenvalue weighted by atomic mass is 16.5. The minimum absolute atomic E-state index is 0.500. The van der Waals surface area contributed by atoms with Gasteiger partial charge >= 0.3 is 0 Å². The van der Waals surface area contributed by atoms with E-state index in [0.717, 1.165) is 27.5 Å². The topological polar surface area (TPSA) is 40.5 Å². The molecule has 3 aromatic rings. The minimum Gasteiger partial charge on any atom is -0.362 e. The van der Waals surface area contributed by atoms with Crippen molar-refractivity contribution in [2.24, 2.45) is 0 Å². The first kappa shape index (κ1) is 13.3. The van der Waals surface area contributed by atoms with Crippen molar-refractivity contribution in [2.45, 2.75) is 11.7 Å². The van der Waals surface area contributed by atoms with Gasteiger partial charge in [0.05, 0.1) is 5.92 Å². The molecule has 0 unspecified atom stereocenters. The molecule has 1 atom stereocenters. The van der Waals surface area contributed by atoms with Crippen molar-refractivity contribution in [3.05, 3.63) is 89.5 Å². The van der Waals surface area contributed by atoms with Crippen molar-refractivity contribution < 1.29 is 10.2 Å². The normalized spacial score (nSPS) is 19.1. The molecule has 0 fully saturated rings. The molecule has 0 spiro atoms. The Morgan fingerprint density at radius 2 is 1.41 bits per heavy atom. The molecule has 3 aromatic carbocycles. The monoisotopic (exact) mass is 288 g/mol.